The number of hydrogen-bond donors (Lipinski definition) is 2. The smallest absolute Gasteiger partial charge is 0.254 e. The Morgan fingerprint density at radius 2 is 2.25 bits per heavy atom. The minimum atomic E-state index is 0.00683. The summed E-state index contributed by atoms with van der Waals surface area (Å²) >= 11 is 0. The zero-order chi connectivity index (χ0) is 11.5. The van der Waals surface area contributed by atoms with Gasteiger partial charge in [0.1, 0.15) is 5.82 Å². The molecule has 1 aromatic rings. The molecule has 0 aromatic carbocycles. The first-order valence-corrected chi connectivity index (χ1v) is 6.01. The molecule has 1 fully saturated rings. The standard InChI is InChI=1S/C12H19N3O/c1-8(2)9-7-14-11(15-12(9)16)10-5-3-4-6-13-10/h7-8,10,13H,3-6H2,1-2H3,(H,14,15,16). The lowest BCUT2D eigenvalue weighted by atomic mass is 10.0. The Kier molecular flexibility index (Phi) is 3.39. The van der Waals surface area contributed by atoms with Gasteiger partial charge in [-0.15, -0.1) is 0 Å². The molecule has 0 spiro atoms. The molecule has 0 aliphatic carbocycles. The fourth-order valence-corrected chi connectivity index (χ4v) is 2.09. The molecule has 1 aromatic heterocycles. The molecule has 0 bridgehead atoms. The molecule has 2 heterocycles. The first-order valence-electron chi connectivity index (χ1n) is 6.01. The van der Waals surface area contributed by atoms with Gasteiger partial charge in [0.2, 0.25) is 0 Å². The fourth-order valence-electron chi connectivity index (χ4n) is 2.09. The Hall–Kier alpha value is -1.16. The Morgan fingerprint density at radius 3 is 2.81 bits per heavy atom. The number of nitrogens with zero attached hydrogens (tertiary/aromatic N) is 1. The normalized spacial score (nSPS) is 21.3. The predicted octanol–water partition coefficient (Wildman–Crippen LogP) is 1.71. The number of piperidine rings is 1. The van der Waals surface area contributed by atoms with Crippen molar-refractivity contribution in [3.8, 4) is 0 Å². The van der Waals surface area contributed by atoms with Crippen molar-refractivity contribution in [2.45, 2.75) is 45.1 Å². The van der Waals surface area contributed by atoms with Crippen molar-refractivity contribution in [3.63, 3.8) is 0 Å². The van der Waals surface area contributed by atoms with Crippen LogP contribution in [0.4, 0.5) is 0 Å². The van der Waals surface area contributed by atoms with Crippen LogP contribution in [-0.4, -0.2) is 16.5 Å². The lowest BCUT2D eigenvalue weighted by Gasteiger charge is -2.22. The van der Waals surface area contributed by atoms with Crippen molar-refractivity contribution in [2.24, 2.45) is 0 Å². The molecular formula is C12H19N3O. The van der Waals surface area contributed by atoms with Gasteiger partial charge in [-0.2, -0.15) is 0 Å². The fraction of sp³-hybridized carbons (Fsp3) is 0.667. The Labute approximate surface area is 95.5 Å². The minimum absolute atomic E-state index is 0.00683. The van der Waals surface area contributed by atoms with Gasteiger partial charge in [0.25, 0.3) is 5.56 Å². The molecule has 1 aliphatic heterocycles. The molecule has 1 aliphatic rings. The second kappa shape index (κ2) is 4.78. The summed E-state index contributed by atoms with van der Waals surface area (Å²) in [5, 5.41) is 3.38. The van der Waals surface area contributed by atoms with Crippen LogP contribution >= 0.6 is 0 Å². The van der Waals surface area contributed by atoms with E-state index in [1.54, 1.807) is 6.20 Å². The monoisotopic (exact) mass is 221 g/mol. The van der Waals surface area contributed by atoms with E-state index in [4.69, 9.17) is 0 Å². The van der Waals surface area contributed by atoms with Gasteiger partial charge in [-0.05, 0) is 25.3 Å². The molecule has 16 heavy (non-hydrogen) atoms. The summed E-state index contributed by atoms with van der Waals surface area (Å²) in [6.07, 6.45) is 5.19. The van der Waals surface area contributed by atoms with Crippen LogP contribution in [0.25, 0.3) is 0 Å². The molecule has 0 amide bonds. The zero-order valence-electron chi connectivity index (χ0n) is 9.92. The van der Waals surface area contributed by atoms with E-state index in [1.807, 2.05) is 13.8 Å². The van der Waals surface area contributed by atoms with E-state index >= 15 is 0 Å². The van der Waals surface area contributed by atoms with Crippen molar-refractivity contribution in [1.29, 1.82) is 0 Å². The van der Waals surface area contributed by atoms with Crippen LogP contribution in [0.3, 0.4) is 0 Å². The summed E-state index contributed by atoms with van der Waals surface area (Å²) in [6, 6.07) is 0.225. The van der Waals surface area contributed by atoms with Gasteiger partial charge in [0.15, 0.2) is 0 Å². The van der Waals surface area contributed by atoms with E-state index in [9.17, 15) is 4.79 Å². The third-order valence-corrected chi connectivity index (χ3v) is 3.11. The molecule has 4 nitrogen and oxygen atoms in total. The highest BCUT2D eigenvalue weighted by molar-refractivity contribution is 5.11. The quantitative estimate of drug-likeness (QED) is 0.799. The lowest BCUT2D eigenvalue weighted by molar-refractivity contribution is 0.396. The average Bonchev–Trinajstić information content (AvgIpc) is 2.29. The second-order valence-corrected chi connectivity index (χ2v) is 4.71. The maximum Gasteiger partial charge on any atom is 0.254 e. The van der Waals surface area contributed by atoms with E-state index in [2.05, 4.69) is 15.3 Å². The molecule has 1 saturated heterocycles. The maximum atomic E-state index is 11.8. The number of hydrogen-bond acceptors (Lipinski definition) is 3. The molecule has 88 valence electrons. The van der Waals surface area contributed by atoms with E-state index in [-0.39, 0.29) is 17.5 Å². The van der Waals surface area contributed by atoms with Crippen LogP contribution < -0.4 is 10.9 Å². The van der Waals surface area contributed by atoms with Crippen molar-refractivity contribution in [2.75, 3.05) is 6.54 Å². The maximum absolute atomic E-state index is 11.8. The van der Waals surface area contributed by atoms with Crippen LogP contribution in [0.1, 0.15) is 56.5 Å². The van der Waals surface area contributed by atoms with Crippen LogP contribution in [0.5, 0.6) is 0 Å². The SMILES string of the molecule is CC(C)c1cnc(C2CCCCN2)[nH]c1=O. The van der Waals surface area contributed by atoms with Gasteiger partial charge in [0.05, 0.1) is 6.04 Å². The Morgan fingerprint density at radius 1 is 1.44 bits per heavy atom. The van der Waals surface area contributed by atoms with Gasteiger partial charge in [-0.1, -0.05) is 20.3 Å². The number of H-pyrrole nitrogens is 1. The predicted molar refractivity (Wildman–Crippen MR) is 63.5 cm³/mol. The van der Waals surface area contributed by atoms with E-state index in [1.165, 1.54) is 12.8 Å². The molecule has 1 unspecified atom stereocenters. The summed E-state index contributed by atoms with van der Waals surface area (Å²) < 4.78 is 0. The van der Waals surface area contributed by atoms with Crippen molar-refractivity contribution >= 4 is 0 Å². The molecular weight excluding hydrogens is 202 g/mol. The second-order valence-electron chi connectivity index (χ2n) is 4.71. The largest absolute Gasteiger partial charge is 0.309 e. The average molecular weight is 221 g/mol. The van der Waals surface area contributed by atoms with E-state index in [0.717, 1.165) is 24.4 Å². The first kappa shape index (κ1) is 11.3. The lowest BCUT2D eigenvalue weighted by Crippen LogP contribution is -2.30. The number of aromatic nitrogens is 2. The van der Waals surface area contributed by atoms with Gasteiger partial charge < -0.3 is 10.3 Å². The molecule has 1 atom stereocenters. The Bertz CT molecular complexity index is 405. The van der Waals surface area contributed by atoms with Crippen LogP contribution in [0, 0.1) is 0 Å². The molecule has 4 heteroatoms. The van der Waals surface area contributed by atoms with Gasteiger partial charge in [0, 0.05) is 11.8 Å². The van der Waals surface area contributed by atoms with Crippen LogP contribution in [-0.2, 0) is 0 Å². The van der Waals surface area contributed by atoms with E-state index < -0.39 is 0 Å². The summed E-state index contributed by atoms with van der Waals surface area (Å²) in [4.78, 5) is 19.1. The number of aromatic amines is 1. The topological polar surface area (TPSA) is 57.8 Å². The molecule has 2 N–H and O–H groups in total. The highest BCUT2D eigenvalue weighted by Crippen LogP contribution is 2.19. The summed E-state index contributed by atoms with van der Waals surface area (Å²) in [5.41, 5.74) is 0.770. The van der Waals surface area contributed by atoms with Gasteiger partial charge in [-0.25, -0.2) is 4.98 Å². The highest BCUT2D eigenvalue weighted by atomic mass is 16.1. The van der Waals surface area contributed by atoms with Gasteiger partial charge in [-0.3, -0.25) is 4.79 Å². The summed E-state index contributed by atoms with van der Waals surface area (Å²) in [6.45, 7) is 5.02. The highest BCUT2D eigenvalue weighted by Gasteiger charge is 2.17. The van der Waals surface area contributed by atoms with Gasteiger partial charge >= 0.3 is 0 Å². The summed E-state index contributed by atoms with van der Waals surface area (Å²) in [5.74, 6) is 1.01. The first-order chi connectivity index (χ1) is 7.68. The van der Waals surface area contributed by atoms with Crippen molar-refractivity contribution in [1.82, 2.24) is 15.3 Å². The number of nitrogens with one attached hydrogen (secondary N) is 2. The molecule has 0 radical (unpaired) electrons. The van der Waals surface area contributed by atoms with Crippen molar-refractivity contribution < 1.29 is 0 Å². The summed E-state index contributed by atoms with van der Waals surface area (Å²) in [7, 11) is 0. The third kappa shape index (κ3) is 2.32. The van der Waals surface area contributed by atoms with E-state index in [0.29, 0.717) is 0 Å². The molecule has 0 saturated carbocycles. The minimum Gasteiger partial charge on any atom is -0.309 e. The zero-order valence-corrected chi connectivity index (χ0v) is 9.92. The third-order valence-electron chi connectivity index (χ3n) is 3.11. The van der Waals surface area contributed by atoms with Crippen LogP contribution in [0.15, 0.2) is 11.0 Å². The number of rotatable bonds is 2. The van der Waals surface area contributed by atoms with Crippen LogP contribution in [0.2, 0.25) is 0 Å². The van der Waals surface area contributed by atoms with Crippen molar-refractivity contribution in [3.05, 3.63) is 27.9 Å². The molecule has 2 rings (SSSR count). The Balaban J connectivity index is 2.23.